The minimum absolute atomic E-state index is 0.0278. The summed E-state index contributed by atoms with van der Waals surface area (Å²) in [6.07, 6.45) is 0.988. The van der Waals surface area contributed by atoms with Crippen molar-refractivity contribution in [3.05, 3.63) is 71.5 Å². The van der Waals surface area contributed by atoms with E-state index in [-0.39, 0.29) is 24.1 Å². The van der Waals surface area contributed by atoms with E-state index >= 15 is 0 Å². The van der Waals surface area contributed by atoms with E-state index in [0.717, 1.165) is 4.90 Å². The lowest BCUT2D eigenvalue weighted by Gasteiger charge is -2.32. The molecular formula is C24H25FN4O4. The van der Waals surface area contributed by atoms with E-state index in [1.165, 1.54) is 18.2 Å². The molecule has 2 saturated heterocycles. The zero-order valence-corrected chi connectivity index (χ0v) is 18.2. The van der Waals surface area contributed by atoms with Crippen LogP contribution in [-0.4, -0.2) is 59.2 Å². The summed E-state index contributed by atoms with van der Waals surface area (Å²) >= 11 is 0. The second-order valence-electron chi connectivity index (χ2n) is 8.43. The van der Waals surface area contributed by atoms with E-state index < -0.39 is 29.2 Å². The van der Waals surface area contributed by atoms with Crippen LogP contribution in [0.4, 0.5) is 9.18 Å². The third kappa shape index (κ3) is 4.44. The van der Waals surface area contributed by atoms with Gasteiger partial charge in [0.2, 0.25) is 5.91 Å². The summed E-state index contributed by atoms with van der Waals surface area (Å²) in [7, 11) is 0. The van der Waals surface area contributed by atoms with Crippen molar-refractivity contribution < 1.29 is 23.6 Å². The van der Waals surface area contributed by atoms with Crippen molar-refractivity contribution in [2.24, 2.45) is 0 Å². The Hall–Kier alpha value is -3.75. The number of carbonyl (C=O) groups excluding carboxylic acids is 4. The lowest BCUT2D eigenvalue weighted by molar-refractivity contribution is -0.135. The Balaban J connectivity index is 1.31. The van der Waals surface area contributed by atoms with Crippen molar-refractivity contribution in [1.29, 1.82) is 0 Å². The lowest BCUT2D eigenvalue weighted by atomic mass is 9.92. The predicted molar refractivity (Wildman–Crippen MR) is 118 cm³/mol. The van der Waals surface area contributed by atoms with Gasteiger partial charge in [-0.15, -0.1) is 0 Å². The second-order valence-corrected chi connectivity index (χ2v) is 8.43. The van der Waals surface area contributed by atoms with Gasteiger partial charge in [-0.2, -0.15) is 0 Å². The predicted octanol–water partition coefficient (Wildman–Crippen LogP) is 2.01. The van der Waals surface area contributed by atoms with Crippen molar-refractivity contribution in [2.45, 2.75) is 31.3 Å². The van der Waals surface area contributed by atoms with Gasteiger partial charge in [0.15, 0.2) is 0 Å². The van der Waals surface area contributed by atoms with E-state index in [9.17, 15) is 23.6 Å². The molecule has 0 spiro atoms. The highest BCUT2D eigenvalue weighted by molar-refractivity contribution is 6.09. The van der Waals surface area contributed by atoms with Gasteiger partial charge in [0.1, 0.15) is 17.9 Å². The van der Waals surface area contributed by atoms with E-state index in [1.54, 1.807) is 42.2 Å². The van der Waals surface area contributed by atoms with Crippen LogP contribution in [0.1, 0.15) is 35.7 Å². The van der Waals surface area contributed by atoms with Gasteiger partial charge in [-0.1, -0.05) is 42.5 Å². The third-order valence-corrected chi connectivity index (χ3v) is 6.18. The fourth-order valence-electron chi connectivity index (χ4n) is 4.26. The summed E-state index contributed by atoms with van der Waals surface area (Å²) in [5.41, 5.74) is -0.560. The van der Waals surface area contributed by atoms with Gasteiger partial charge in [-0.25, -0.2) is 9.18 Å². The standard InChI is InChI=1S/C24H25FN4O4/c1-24(16-7-3-2-4-8-16)22(32)29(23(33)27-24)15-20(30)26-17-11-13-28(14-12-17)21(31)18-9-5-6-10-19(18)25/h2-10,17H,11-15H2,1H3,(H,26,30)(H,27,33). The van der Waals surface area contributed by atoms with Crippen LogP contribution >= 0.6 is 0 Å². The normalized spacial score (nSPS) is 21.2. The molecule has 8 nitrogen and oxygen atoms in total. The van der Waals surface area contributed by atoms with Crippen molar-refractivity contribution >= 4 is 23.8 Å². The minimum Gasteiger partial charge on any atom is -0.352 e. The van der Waals surface area contributed by atoms with Crippen molar-refractivity contribution in [3.63, 3.8) is 0 Å². The molecule has 0 aromatic heterocycles. The zero-order valence-electron chi connectivity index (χ0n) is 18.2. The molecule has 0 bridgehead atoms. The molecule has 1 unspecified atom stereocenters. The van der Waals surface area contributed by atoms with Crippen LogP contribution in [0.3, 0.4) is 0 Å². The number of urea groups is 1. The number of hydrogen-bond donors (Lipinski definition) is 2. The number of amides is 5. The first kappa shape index (κ1) is 22.4. The van der Waals surface area contributed by atoms with E-state index in [1.807, 2.05) is 6.07 Å². The molecule has 33 heavy (non-hydrogen) atoms. The molecule has 2 aromatic carbocycles. The van der Waals surface area contributed by atoms with E-state index in [2.05, 4.69) is 10.6 Å². The van der Waals surface area contributed by atoms with Crippen LogP contribution in [0.2, 0.25) is 0 Å². The average molecular weight is 452 g/mol. The van der Waals surface area contributed by atoms with Gasteiger partial charge in [-0.05, 0) is 37.5 Å². The van der Waals surface area contributed by atoms with Gasteiger partial charge in [0.05, 0.1) is 5.56 Å². The smallest absolute Gasteiger partial charge is 0.325 e. The number of likely N-dealkylation sites (tertiary alicyclic amines) is 1. The van der Waals surface area contributed by atoms with Crippen LogP contribution in [-0.2, 0) is 15.1 Å². The Morgan fingerprint density at radius 3 is 2.36 bits per heavy atom. The number of nitrogens with one attached hydrogen (secondary N) is 2. The maximum Gasteiger partial charge on any atom is 0.325 e. The van der Waals surface area contributed by atoms with Crippen LogP contribution in [0, 0.1) is 5.82 Å². The largest absolute Gasteiger partial charge is 0.352 e. The summed E-state index contributed by atoms with van der Waals surface area (Å²) in [5.74, 6) is -1.87. The summed E-state index contributed by atoms with van der Waals surface area (Å²) in [4.78, 5) is 52.9. The quantitative estimate of drug-likeness (QED) is 0.678. The van der Waals surface area contributed by atoms with Gasteiger partial charge in [-0.3, -0.25) is 19.3 Å². The molecule has 2 N–H and O–H groups in total. The Kier molecular flexibility index (Phi) is 6.13. The topological polar surface area (TPSA) is 98.8 Å². The number of piperidine rings is 1. The molecule has 2 heterocycles. The fraction of sp³-hybridized carbons (Fsp3) is 0.333. The molecule has 2 aromatic rings. The Morgan fingerprint density at radius 1 is 1.06 bits per heavy atom. The molecule has 5 amide bonds. The average Bonchev–Trinajstić information content (AvgIpc) is 3.04. The SMILES string of the molecule is CC1(c2ccccc2)NC(=O)N(CC(=O)NC2CCN(C(=O)c3ccccc3F)CC2)C1=O. The Bertz CT molecular complexity index is 1080. The first-order chi connectivity index (χ1) is 15.8. The summed E-state index contributed by atoms with van der Waals surface area (Å²) in [6, 6.07) is 13.9. The third-order valence-electron chi connectivity index (χ3n) is 6.18. The Labute approximate surface area is 190 Å². The van der Waals surface area contributed by atoms with Crippen LogP contribution in [0.5, 0.6) is 0 Å². The fourth-order valence-corrected chi connectivity index (χ4v) is 4.26. The second kappa shape index (κ2) is 9.01. The monoisotopic (exact) mass is 452 g/mol. The van der Waals surface area contributed by atoms with Gasteiger partial charge in [0.25, 0.3) is 11.8 Å². The molecule has 0 aliphatic carbocycles. The molecule has 0 radical (unpaired) electrons. The van der Waals surface area contributed by atoms with Gasteiger partial charge < -0.3 is 15.5 Å². The van der Waals surface area contributed by atoms with E-state index in [0.29, 0.717) is 31.5 Å². The first-order valence-corrected chi connectivity index (χ1v) is 10.8. The van der Waals surface area contributed by atoms with Crippen molar-refractivity contribution in [2.75, 3.05) is 19.6 Å². The number of rotatable bonds is 5. The van der Waals surface area contributed by atoms with Crippen LogP contribution < -0.4 is 10.6 Å². The molecular weight excluding hydrogens is 427 g/mol. The van der Waals surface area contributed by atoms with E-state index in [4.69, 9.17) is 0 Å². The zero-order chi connectivity index (χ0) is 23.6. The number of hydrogen-bond acceptors (Lipinski definition) is 4. The lowest BCUT2D eigenvalue weighted by Crippen LogP contribution is -2.49. The molecule has 1 atom stereocenters. The van der Waals surface area contributed by atoms with Crippen molar-refractivity contribution in [3.8, 4) is 0 Å². The number of halogens is 1. The highest BCUT2D eigenvalue weighted by Crippen LogP contribution is 2.28. The molecule has 9 heteroatoms. The van der Waals surface area contributed by atoms with Crippen LogP contribution in [0.25, 0.3) is 0 Å². The maximum atomic E-state index is 13.9. The summed E-state index contributed by atoms with van der Waals surface area (Å²) < 4.78 is 13.9. The molecule has 172 valence electrons. The molecule has 2 aliphatic rings. The first-order valence-electron chi connectivity index (χ1n) is 10.8. The minimum atomic E-state index is -1.23. The molecule has 2 fully saturated rings. The van der Waals surface area contributed by atoms with Gasteiger partial charge in [0, 0.05) is 19.1 Å². The highest BCUT2D eigenvalue weighted by atomic mass is 19.1. The molecule has 2 aliphatic heterocycles. The number of imide groups is 1. The highest BCUT2D eigenvalue weighted by Gasteiger charge is 2.49. The van der Waals surface area contributed by atoms with Crippen LogP contribution in [0.15, 0.2) is 54.6 Å². The van der Waals surface area contributed by atoms with Crippen molar-refractivity contribution in [1.82, 2.24) is 20.4 Å². The number of benzene rings is 2. The molecule has 0 saturated carbocycles. The van der Waals surface area contributed by atoms with Gasteiger partial charge >= 0.3 is 6.03 Å². The number of nitrogens with zero attached hydrogens (tertiary/aromatic N) is 2. The molecule has 4 rings (SSSR count). The summed E-state index contributed by atoms with van der Waals surface area (Å²) in [6.45, 7) is 1.96. The maximum absolute atomic E-state index is 13.9. The number of carbonyl (C=O) groups is 4. The Morgan fingerprint density at radius 2 is 1.70 bits per heavy atom. The summed E-state index contributed by atoms with van der Waals surface area (Å²) in [5, 5.41) is 5.52.